The molecule has 7 atom stereocenters. The SMILES string of the molecule is CC/C=C\C/C=C/C/C=C/C/C=C/C/C=C/C/C=C/C=C/C(=O)SCCNC(=O)CCNC(=O)[C@H](O)C(C)(C)COP(=O)(O)OP(=O)(O)OC[C@H]1O[C@@H](n2cnc3c(N)ncnc32)[C@H](O)[C@@H]1OP(=O)(O)O. The van der Waals surface area contributed by atoms with Gasteiger partial charge in [0.2, 0.25) is 16.9 Å². The van der Waals surface area contributed by atoms with Crippen molar-refractivity contribution in [3.8, 4) is 0 Å². The predicted molar refractivity (Wildman–Crippen MR) is 264 cm³/mol. The number of nitrogen functional groups attached to an aromatic ring is 1. The maximum Gasteiger partial charge on any atom is 0.481 e. The number of aliphatic hydroxyl groups is 2. The van der Waals surface area contributed by atoms with Gasteiger partial charge in [-0.1, -0.05) is 112 Å². The Bertz CT molecular complexity index is 2400. The fourth-order valence-electron chi connectivity index (χ4n) is 6.05. The van der Waals surface area contributed by atoms with E-state index in [1.807, 2.05) is 12.2 Å². The number of carbonyl (C=O) groups is 3. The molecule has 0 saturated carbocycles. The van der Waals surface area contributed by atoms with Crippen molar-refractivity contribution >= 4 is 69.1 Å². The molecule has 0 radical (unpaired) electrons. The van der Waals surface area contributed by atoms with Crippen molar-refractivity contribution in [3.05, 3.63) is 97.7 Å². The molecule has 71 heavy (non-hydrogen) atoms. The lowest BCUT2D eigenvalue weighted by Crippen LogP contribution is -2.46. The lowest BCUT2D eigenvalue weighted by molar-refractivity contribution is -0.137. The third-order valence-electron chi connectivity index (χ3n) is 9.66. The number of nitrogens with two attached hydrogens (primary N) is 1. The summed E-state index contributed by atoms with van der Waals surface area (Å²) in [6.45, 7) is 2.54. The molecule has 2 amide bonds. The molecule has 0 spiro atoms. The highest BCUT2D eigenvalue weighted by atomic mass is 32.2. The zero-order valence-corrected chi connectivity index (χ0v) is 42.9. The summed E-state index contributed by atoms with van der Waals surface area (Å²) in [5.41, 5.74) is 4.26. The number of allylic oxidation sites excluding steroid dienone is 13. The number of amides is 2. The number of nitrogens with one attached hydrogen (secondary N) is 2. The van der Waals surface area contributed by atoms with Crippen molar-refractivity contribution < 1.29 is 80.5 Å². The molecule has 2 unspecified atom stereocenters. The van der Waals surface area contributed by atoms with Crippen LogP contribution >= 0.6 is 35.2 Å². The van der Waals surface area contributed by atoms with Gasteiger partial charge in [0.1, 0.15) is 36.3 Å². The number of rotatable bonds is 32. The Labute approximate surface area is 415 Å². The van der Waals surface area contributed by atoms with E-state index in [1.54, 1.807) is 12.2 Å². The lowest BCUT2D eigenvalue weighted by Gasteiger charge is -2.30. The first-order valence-electron chi connectivity index (χ1n) is 22.2. The van der Waals surface area contributed by atoms with Gasteiger partial charge in [-0.3, -0.25) is 32.5 Å². The van der Waals surface area contributed by atoms with E-state index in [-0.39, 0.29) is 41.6 Å². The average molecular weight is 1080 g/mol. The van der Waals surface area contributed by atoms with Crippen LogP contribution in [0.25, 0.3) is 11.2 Å². The maximum absolute atomic E-state index is 12.7. The van der Waals surface area contributed by atoms with E-state index in [9.17, 15) is 57.9 Å². The molecule has 1 aliphatic rings. The monoisotopic (exact) mass is 1080 g/mol. The van der Waals surface area contributed by atoms with Gasteiger partial charge < -0.3 is 50.9 Å². The Balaban J connectivity index is 1.31. The number of aromatic nitrogens is 4. The van der Waals surface area contributed by atoms with Crippen LogP contribution in [0.3, 0.4) is 0 Å². The van der Waals surface area contributed by atoms with E-state index in [2.05, 4.69) is 96.0 Å². The fraction of sp³-hybridized carbons (Fsp3) is 0.488. The minimum atomic E-state index is -5.59. The molecule has 1 saturated heterocycles. The van der Waals surface area contributed by atoms with Crippen molar-refractivity contribution in [2.45, 2.75) is 96.4 Å². The smallest absolute Gasteiger partial charge is 0.386 e. The minimum absolute atomic E-state index is 0.0276. The van der Waals surface area contributed by atoms with Gasteiger partial charge in [-0.05, 0) is 44.6 Å². The van der Waals surface area contributed by atoms with Gasteiger partial charge >= 0.3 is 23.5 Å². The van der Waals surface area contributed by atoms with Crippen LogP contribution in [0.4, 0.5) is 5.82 Å². The number of imidazole rings is 1. The van der Waals surface area contributed by atoms with Crippen molar-refractivity contribution in [3.63, 3.8) is 0 Å². The van der Waals surface area contributed by atoms with E-state index in [0.29, 0.717) is 5.75 Å². The largest absolute Gasteiger partial charge is 0.481 e. The molecule has 3 heterocycles. The molecule has 394 valence electrons. The number of aliphatic hydroxyl groups excluding tert-OH is 2. The van der Waals surface area contributed by atoms with Gasteiger partial charge in [0.25, 0.3) is 0 Å². The number of carbonyl (C=O) groups excluding carboxylic acids is 3. The summed E-state index contributed by atoms with van der Waals surface area (Å²) in [7, 11) is -16.4. The summed E-state index contributed by atoms with van der Waals surface area (Å²) in [5, 5.41) is 26.3. The van der Waals surface area contributed by atoms with Crippen molar-refractivity contribution in [2.24, 2.45) is 5.41 Å². The number of phosphoric ester groups is 3. The number of anilines is 1. The molecule has 0 bridgehead atoms. The van der Waals surface area contributed by atoms with Gasteiger partial charge in [0.15, 0.2) is 17.7 Å². The van der Waals surface area contributed by atoms with Crippen LogP contribution in [0, 0.1) is 5.41 Å². The summed E-state index contributed by atoms with van der Waals surface area (Å²) in [6.07, 6.45) is 26.5. The van der Waals surface area contributed by atoms with E-state index in [4.69, 9.17) is 19.5 Å². The second kappa shape index (κ2) is 30.7. The number of phosphoric acid groups is 3. The summed E-state index contributed by atoms with van der Waals surface area (Å²) >= 11 is 1.01. The predicted octanol–water partition coefficient (Wildman–Crippen LogP) is 4.92. The highest BCUT2D eigenvalue weighted by molar-refractivity contribution is 8.14. The molecule has 2 aromatic heterocycles. The summed E-state index contributed by atoms with van der Waals surface area (Å²) in [5.74, 6) is -1.19. The van der Waals surface area contributed by atoms with Crippen LogP contribution in [0.2, 0.25) is 0 Å². The molecular weight excluding hydrogens is 1010 g/mol. The number of fused-ring (bicyclic) bond motifs is 1. The van der Waals surface area contributed by atoms with Gasteiger partial charge in [-0.25, -0.2) is 28.6 Å². The molecule has 1 aliphatic heterocycles. The number of hydrogen-bond donors (Lipinski definition) is 9. The zero-order valence-electron chi connectivity index (χ0n) is 39.4. The average Bonchev–Trinajstić information content (AvgIpc) is 3.86. The standard InChI is InChI=1S/C43H64N7O17P3S/c1-4-5-6-7-8-9-10-11-12-13-14-15-16-17-18-19-20-21-22-23-34(52)71-27-26-45-33(51)24-25-46-41(55)38(54)43(2,3)29-64-70(61,62)67-69(59,60)63-28-32-37(66-68(56,57)58)36(53)42(65-32)50-31-49-35-39(44)47-30-48-40(35)50/h5-6,8-9,11-12,14-15,17-18,20-23,30-32,36-38,42,53-54H,4,7,10,13,16,19,24-29H2,1-3H3,(H,45,51)(H,46,55)(H,59,60)(H,61,62)(H2,44,47,48)(H2,56,57,58)/b6-5-,9-8+,12-11+,15-14+,18-17+,21-20+,23-22+/t32-,36-,37-,38+,42-/m1/s1. The van der Waals surface area contributed by atoms with Gasteiger partial charge in [0, 0.05) is 30.7 Å². The minimum Gasteiger partial charge on any atom is -0.386 e. The molecular formula is C43H64N7O17P3S. The van der Waals surface area contributed by atoms with Crippen LogP contribution in [0.15, 0.2) is 97.7 Å². The van der Waals surface area contributed by atoms with Crippen molar-refractivity contribution in [1.82, 2.24) is 30.2 Å². The van der Waals surface area contributed by atoms with E-state index >= 15 is 0 Å². The van der Waals surface area contributed by atoms with Crippen LogP contribution < -0.4 is 16.4 Å². The molecule has 10 N–H and O–H groups in total. The number of hydrogen-bond acceptors (Lipinski definition) is 18. The van der Waals surface area contributed by atoms with Gasteiger partial charge in [-0.15, -0.1) is 0 Å². The topological polar surface area (TPSA) is 364 Å². The highest BCUT2D eigenvalue weighted by Crippen LogP contribution is 2.61. The van der Waals surface area contributed by atoms with Crippen LogP contribution in [0.5, 0.6) is 0 Å². The quantitative estimate of drug-likeness (QED) is 0.0154. The van der Waals surface area contributed by atoms with Gasteiger partial charge in [0.05, 0.1) is 19.5 Å². The number of ether oxygens (including phenoxy) is 1. The summed E-state index contributed by atoms with van der Waals surface area (Å²) in [4.78, 5) is 88.3. The molecule has 0 aliphatic carbocycles. The van der Waals surface area contributed by atoms with Crippen LogP contribution in [-0.2, 0) is 50.7 Å². The van der Waals surface area contributed by atoms with Crippen LogP contribution in [-0.4, -0.2) is 123 Å². The first-order chi connectivity index (χ1) is 33.6. The molecule has 28 heteroatoms. The second-order valence-corrected chi connectivity index (χ2v) is 21.3. The normalized spacial score (nSPS) is 20.4. The van der Waals surface area contributed by atoms with E-state index in [0.717, 1.165) is 67.5 Å². The first kappa shape index (κ1) is 61.0. The second-order valence-electron chi connectivity index (χ2n) is 16.0. The zero-order chi connectivity index (χ0) is 52.5. The Hall–Kier alpha value is -4.26. The van der Waals surface area contributed by atoms with Crippen molar-refractivity contribution in [2.75, 3.05) is 37.8 Å². The Morgan fingerprint density at radius 3 is 2.06 bits per heavy atom. The fourth-order valence-corrected chi connectivity index (χ4v) is 9.46. The molecule has 3 rings (SSSR count). The Morgan fingerprint density at radius 1 is 0.859 bits per heavy atom. The summed E-state index contributed by atoms with van der Waals surface area (Å²) < 4.78 is 62.4. The van der Waals surface area contributed by atoms with E-state index < -0.39 is 84.6 Å². The Kier molecular flexibility index (Phi) is 26.4. The Morgan fingerprint density at radius 2 is 1.45 bits per heavy atom. The number of thioether (sulfide) groups is 1. The molecule has 0 aromatic carbocycles. The lowest BCUT2D eigenvalue weighted by atomic mass is 9.87. The maximum atomic E-state index is 12.7. The van der Waals surface area contributed by atoms with Gasteiger partial charge in [-0.2, -0.15) is 4.31 Å². The third kappa shape index (κ3) is 23.4. The highest BCUT2D eigenvalue weighted by Gasteiger charge is 2.50. The molecule has 24 nitrogen and oxygen atoms in total. The number of nitrogens with zero attached hydrogens (tertiary/aromatic N) is 4. The van der Waals surface area contributed by atoms with Crippen LogP contribution in [0.1, 0.15) is 71.9 Å². The first-order valence-corrected chi connectivity index (χ1v) is 27.7. The molecule has 2 aromatic rings. The molecule has 1 fully saturated rings. The third-order valence-corrected chi connectivity index (χ3v) is 13.6. The summed E-state index contributed by atoms with van der Waals surface area (Å²) in [6, 6.07) is 0. The van der Waals surface area contributed by atoms with E-state index in [1.165, 1.54) is 19.9 Å². The van der Waals surface area contributed by atoms with Crippen molar-refractivity contribution in [1.29, 1.82) is 0 Å².